The summed E-state index contributed by atoms with van der Waals surface area (Å²) in [5.74, 6) is -1.94. The van der Waals surface area contributed by atoms with Gasteiger partial charge >= 0.3 is 0 Å². The molecule has 0 unspecified atom stereocenters. The van der Waals surface area contributed by atoms with Crippen molar-refractivity contribution in [3.8, 4) is 17.1 Å². The zero-order valence-electron chi connectivity index (χ0n) is 18.0. The standard InChI is InChI=1S/C24H19F3N6S/c1-4-21(34-14(3)28)13(2)30-23-18-12-29-33(17-8-6-16(25)7-9-17)24(18)32-22(31-23)15-5-10-19(26)20(27)11-15/h4-12H,2-3,28H2,1H3,(H,30,31,32)/b21-4-. The summed E-state index contributed by atoms with van der Waals surface area (Å²) in [5, 5.41) is 8.43. The predicted octanol–water partition coefficient (Wildman–Crippen LogP) is 5.89. The molecule has 0 atom stereocenters. The van der Waals surface area contributed by atoms with Gasteiger partial charge in [-0.2, -0.15) is 5.10 Å². The fourth-order valence-corrected chi connectivity index (χ4v) is 3.75. The molecule has 0 fully saturated rings. The number of nitrogens with one attached hydrogen (secondary N) is 1. The molecule has 0 amide bonds. The molecule has 2 aromatic carbocycles. The summed E-state index contributed by atoms with van der Waals surface area (Å²) in [6.45, 7) is 9.57. The highest BCUT2D eigenvalue weighted by molar-refractivity contribution is 8.06. The molecule has 172 valence electrons. The van der Waals surface area contributed by atoms with Gasteiger partial charge < -0.3 is 11.1 Å². The highest BCUT2D eigenvalue weighted by Gasteiger charge is 2.18. The summed E-state index contributed by atoms with van der Waals surface area (Å²) in [7, 11) is 0. The van der Waals surface area contributed by atoms with Gasteiger partial charge in [-0.15, -0.1) is 0 Å². The maximum absolute atomic E-state index is 13.9. The Kier molecular flexibility index (Phi) is 6.42. The molecule has 0 aliphatic rings. The number of thioether (sulfide) groups is 1. The first-order chi connectivity index (χ1) is 16.3. The van der Waals surface area contributed by atoms with Crippen LogP contribution < -0.4 is 11.1 Å². The molecule has 10 heteroatoms. The van der Waals surface area contributed by atoms with Gasteiger partial charge in [-0.3, -0.25) is 0 Å². The third kappa shape index (κ3) is 4.67. The van der Waals surface area contributed by atoms with Crippen molar-refractivity contribution in [3.05, 3.63) is 101 Å². The van der Waals surface area contributed by atoms with Crippen LogP contribution in [0.1, 0.15) is 6.92 Å². The second kappa shape index (κ2) is 9.44. The Morgan fingerprint density at radius 3 is 2.44 bits per heavy atom. The van der Waals surface area contributed by atoms with Crippen molar-refractivity contribution in [2.45, 2.75) is 6.92 Å². The number of rotatable bonds is 7. The van der Waals surface area contributed by atoms with Gasteiger partial charge in [-0.1, -0.05) is 31.0 Å². The monoisotopic (exact) mass is 480 g/mol. The summed E-state index contributed by atoms with van der Waals surface area (Å²) in [6, 6.07) is 9.10. The van der Waals surface area contributed by atoms with Gasteiger partial charge in [0.2, 0.25) is 0 Å². The molecule has 0 radical (unpaired) electrons. The van der Waals surface area contributed by atoms with Crippen LogP contribution in [-0.2, 0) is 0 Å². The van der Waals surface area contributed by atoms with E-state index in [1.54, 1.807) is 18.3 Å². The normalized spacial score (nSPS) is 11.6. The van der Waals surface area contributed by atoms with Crippen molar-refractivity contribution in [1.29, 1.82) is 0 Å². The lowest BCUT2D eigenvalue weighted by molar-refractivity contribution is 0.509. The Morgan fingerprint density at radius 1 is 1.06 bits per heavy atom. The summed E-state index contributed by atoms with van der Waals surface area (Å²) < 4.78 is 42.4. The first-order valence-electron chi connectivity index (χ1n) is 9.98. The maximum atomic E-state index is 13.9. The van der Waals surface area contributed by atoms with Crippen molar-refractivity contribution >= 4 is 28.6 Å². The van der Waals surface area contributed by atoms with Gasteiger partial charge in [0.15, 0.2) is 23.1 Å². The van der Waals surface area contributed by atoms with E-state index >= 15 is 0 Å². The van der Waals surface area contributed by atoms with Crippen molar-refractivity contribution in [2.75, 3.05) is 5.32 Å². The summed E-state index contributed by atoms with van der Waals surface area (Å²) in [6.07, 6.45) is 3.36. The topological polar surface area (TPSA) is 81.7 Å². The number of aromatic nitrogens is 4. The number of nitrogens with zero attached hydrogens (tertiary/aromatic N) is 4. The lowest BCUT2D eigenvalue weighted by Gasteiger charge is -2.14. The molecule has 4 rings (SSSR count). The quantitative estimate of drug-likeness (QED) is 0.321. The Labute approximate surface area is 197 Å². The summed E-state index contributed by atoms with van der Waals surface area (Å²) in [4.78, 5) is 9.78. The molecule has 0 aliphatic heterocycles. The minimum Gasteiger partial charge on any atom is -0.394 e. The lowest BCUT2D eigenvalue weighted by Crippen LogP contribution is -2.06. The summed E-state index contributed by atoms with van der Waals surface area (Å²) >= 11 is 1.23. The molecule has 0 saturated carbocycles. The van der Waals surface area contributed by atoms with Gasteiger partial charge in [0, 0.05) is 16.2 Å². The number of hydrogen-bond donors (Lipinski definition) is 2. The number of halogens is 3. The van der Waals surface area contributed by atoms with E-state index in [4.69, 9.17) is 5.73 Å². The second-order valence-electron chi connectivity index (χ2n) is 7.12. The van der Waals surface area contributed by atoms with Crippen LogP contribution in [0.25, 0.3) is 28.1 Å². The molecule has 6 nitrogen and oxygen atoms in total. The van der Waals surface area contributed by atoms with E-state index in [2.05, 4.69) is 33.5 Å². The SMILES string of the molecule is C=C(N)S/C(=C\C)C(=C)Nc1nc(-c2ccc(F)c(F)c2)nc2c1cnn2-c1ccc(F)cc1. The molecule has 4 aromatic rings. The number of anilines is 1. The van der Waals surface area contributed by atoms with E-state index in [-0.39, 0.29) is 11.4 Å². The van der Waals surface area contributed by atoms with E-state index < -0.39 is 17.5 Å². The maximum Gasteiger partial charge on any atom is 0.169 e. The van der Waals surface area contributed by atoms with E-state index in [9.17, 15) is 13.2 Å². The number of nitrogens with two attached hydrogens (primary N) is 1. The van der Waals surface area contributed by atoms with Crippen LogP contribution in [0.4, 0.5) is 19.0 Å². The van der Waals surface area contributed by atoms with Crippen molar-refractivity contribution in [1.82, 2.24) is 19.7 Å². The van der Waals surface area contributed by atoms with E-state index in [0.717, 1.165) is 17.0 Å². The predicted molar refractivity (Wildman–Crippen MR) is 129 cm³/mol. The Bertz CT molecular complexity index is 1440. The number of fused-ring (bicyclic) bond motifs is 1. The van der Waals surface area contributed by atoms with Crippen molar-refractivity contribution < 1.29 is 13.2 Å². The number of allylic oxidation sites excluding steroid dienone is 1. The van der Waals surface area contributed by atoms with E-state index in [1.807, 2.05) is 13.0 Å². The van der Waals surface area contributed by atoms with Gasteiger partial charge in [0.1, 0.15) is 11.6 Å². The van der Waals surface area contributed by atoms with E-state index in [0.29, 0.717) is 33.3 Å². The van der Waals surface area contributed by atoms with E-state index in [1.165, 1.54) is 34.6 Å². The first kappa shape index (κ1) is 23.1. The zero-order valence-corrected chi connectivity index (χ0v) is 18.8. The van der Waals surface area contributed by atoms with Gasteiger partial charge in [0.05, 0.1) is 22.3 Å². The highest BCUT2D eigenvalue weighted by Crippen LogP contribution is 2.31. The largest absolute Gasteiger partial charge is 0.394 e. The minimum absolute atomic E-state index is 0.128. The molecule has 0 saturated heterocycles. The van der Waals surface area contributed by atoms with Crippen LogP contribution in [-0.4, -0.2) is 19.7 Å². The third-order valence-corrected chi connectivity index (χ3v) is 5.71. The zero-order chi connectivity index (χ0) is 24.4. The highest BCUT2D eigenvalue weighted by atomic mass is 32.2. The molecule has 34 heavy (non-hydrogen) atoms. The average Bonchev–Trinajstić information content (AvgIpc) is 3.24. The fraction of sp³-hybridized carbons (Fsp3) is 0.0417. The number of benzene rings is 2. The van der Waals surface area contributed by atoms with Crippen molar-refractivity contribution in [2.24, 2.45) is 5.73 Å². The Morgan fingerprint density at radius 2 is 1.79 bits per heavy atom. The molecule has 0 aliphatic carbocycles. The van der Waals surface area contributed by atoms with Gasteiger partial charge in [-0.25, -0.2) is 27.8 Å². The van der Waals surface area contributed by atoms with Crippen LogP contribution in [0.2, 0.25) is 0 Å². The van der Waals surface area contributed by atoms with Crippen LogP contribution in [0.5, 0.6) is 0 Å². The first-order valence-corrected chi connectivity index (χ1v) is 10.8. The third-order valence-electron chi connectivity index (χ3n) is 4.75. The van der Waals surface area contributed by atoms with Crippen LogP contribution in [0.3, 0.4) is 0 Å². The molecule has 2 heterocycles. The molecule has 0 bridgehead atoms. The lowest BCUT2D eigenvalue weighted by atomic mass is 10.2. The van der Waals surface area contributed by atoms with Gasteiger partial charge in [0.25, 0.3) is 0 Å². The molecular formula is C24H19F3N6S. The van der Waals surface area contributed by atoms with Crippen molar-refractivity contribution in [3.63, 3.8) is 0 Å². The minimum atomic E-state index is -1.03. The molecule has 2 aromatic heterocycles. The Balaban J connectivity index is 1.88. The molecule has 3 N–H and O–H groups in total. The Hall–Kier alpha value is -4.05. The molecule has 0 spiro atoms. The second-order valence-corrected chi connectivity index (χ2v) is 8.29. The van der Waals surface area contributed by atoms with Gasteiger partial charge in [-0.05, 0) is 49.4 Å². The van der Waals surface area contributed by atoms with Crippen LogP contribution in [0.15, 0.2) is 83.5 Å². The van der Waals surface area contributed by atoms with Crippen LogP contribution in [0, 0.1) is 17.5 Å². The fourth-order valence-electron chi connectivity index (χ4n) is 3.18. The average molecular weight is 481 g/mol. The summed E-state index contributed by atoms with van der Waals surface area (Å²) in [5.41, 5.74) is 7.40. The molecular weight excluding hydrogens is 461 g/mol. The number of hydrogen-bond acceptors (Lipinski definition) is 6. The smallest absolute Gasteiger partial charge is 0.169 e. The van der Waals surface area contributed by atoms with Crippen LogP contribution >= 0.6 is 11.8 Å².